The molecular formula is C23H26BFN4O2. The molecule has 4 rings (SSSR count). The van der Waals surface area contributed by atoms with Crippen LogP contribution in [0.2, 0.25) is 0 Å². The van der Waals surface area contributed by atoms with E-state index in [9.17, 15) is 4.39 Å². The number of fused-ring (bicyclic) bond motifs is 2. The molecule has 1 N–H and O–H groups in total. The van der Waals surface area contributed by atoms with E-state index < -0.39 is 5.83 Å². The molecule has 3 heterocycles. The summed E-state index contributed by atoms with van der Waals surface area (Å²) in [7, 11) is 5.67. The summed E-state index contributed by atoms with van der Waals surface area (Å²) in [6, 6.07) is 3.68. The van der Waals surface area contributed by atoms with Gasteiger partial charge >= 0.3 is 0 Å². The third-order valence-corrected chi connectivity index (χ3v) is 5.58. The number of allylic oxidation sites excluding steroid dienone is 4. The van der Waals surface area contributed by atoms with Crippen molar-refractivity contribution in [2.24, 2.45) is 0 Å². The van der Waals surface area contributed by atoms with Crippen LogP contribution in [0.4, 0.5) is 10.2 Å². The van der Waals surface area contributed by atoms with Gasteiger partial charge in [-0.2, -0.15) is 0 Å². The average molecular weight is 420 g/mol. The summed E-state index contributed by atoms with van der Waals surface area (Å²) in [5.41, 5.74) is 0.828. The Morgan fingerprint density at radius 3 is 2.84 bits per heavy atom. The first-order valence-electron chi connectivity index (χ1n) is 10.6. The first kappa shape index (κ1) is 21.4. The SMILES string of the molecule is [B]/C(C=C)=C(F)/C(=C\C)Nc1ncnc2cc3c(cc12)OC(CN1CCCCC1)CO3. The van der Waals surface area contributed by atoms with Crippen LogP contribution in [-0.2, 0) is 0 Å². The van der Waals surface area contributed by atoms with Crippen molar-refractivity contribution in [3.05, 3.63) is 54.2 Å². The number of anilines is 1. The van der Waals surface area contributed by atoms with Crippen molar-refractivity contribution in [2.45, 2.75) is 32.3 Å². The van der Waals surface area contributed by atoms with E-state index in [4.69, 9.17) is 17.3 Å². The number of likely N-dealkylation sites (tertiary alicyclic amines) is 1. The molecule has 1 atom stereocenters. The fourth-order valence-electron chi connectivity index (χ4n) is 3.91. The van der Waals surface area contributed by atoms with Gasteiger partial charge in [0.2, 0.25) is 0 Å². The van der Waals surface area contributed by atoms with E-state index in [1.54, 1.807) is 13.0 Å². The summed E-state index contributed by atoms with van der Waals surface area (Å²) in [4.78, 5) is 11.1. The standard InChI is InChI=1S/C23H26BFN4O2/c1-3-17(24)22(25)18(4-2)28-23-16-10-21-20(11-19(16)26-14-27-23)30-13-15(31-21)12-29-8-6-5-7-9-29/h3-4,10-11,14-15H,1,5-9,12-13H2,2H3,(H,26,27,28)/b18-4+,22-17-. The maximum absolute atomic E-state index is 14.6. The minimum atomic E-state index is -0.594. The topological polar surface area (TPSA) is 59.5 Å². The van der Waals surface area contributed by atoms with E-state index >= 15 is 0 Å². The highest BCUT2D eigenvalue weighted by atomic mass is 19.1. The molecule has 6 nitrogen and oxygen atoms in total. The summed E-state index contributed by atoms with van der Waals surface area (Å²) in [5, 5.41) is 3.72. The average Bonchev–Trinajstić information content (AvgIpc) is 2.81. The molecule has 160 valence electrons. The molecule has 0 bridgehead atoms. The molecule has 0 saturated carbocycles. The minimum absolute atomic E-state index is 0.0389. The number of benzene rings is 1. The first-order valence-corrected chi connectivity index (χ1v) is 10.6. The third kappa shape index (κ3) is 4.74. The molecule has 0 aliphatic carbocycles. The number of piperidine rings is 1. The lowest BCUT2D eigenvalue weighted by atomic mass is 9.94. The predicted molar refractivity (Wildman–Crippen MR) is 121 cm³/mol. The lowest BCUT2D eigenvalue weighted by molar-refractivity contribution is 0.0535. The van der Waals surface area contributed by atoms with E-state index in [-0.39, 0.29) is 17.3 Å². The number of ether oxygens (including phenoxy) is 2. The van der Waals surface area contributed by atoms with E-state index in [2.05, 4.69) is 26.8 Å². The zero-order chi connectivity index (χ0) is 21.8. The van der Waals surface area contributed by atoms with Gasteiger partial charge in [0.15, 0.2) is 11.5 Å². The molecule has 1 aromatic heterocycles. The second kappa shape index (κ2) is 9.51. The molecule has 1 unspecified atom stereocenters. The van der Waals surface area contributed by atoms with Gasteiger partial charge in [0.05, 0.1) is 11.2 Å². The smallest absolute Gasteiger partial charge is 0.163 e. The molecule has 1 saturated heterocycles. The van der Waals surface area contributed by atoms with Crippen LogP contribution >= 0.6 is 0 Å². The fraction of sp³-hybridized carbons (Fsp3) is 0.391. The van der Waals surface area contributed by atoms with Crippen LogP contribution in [0.15, 0.2) is 54.2 Å². The van der Waals surface area contributed by atoms with Gasteiger partial charge in [0, 0.05) is 18.0 Å². The zero-order valence-electron chi connectivity index (χ0n) is 17.7. The Bertz CT molecular complexity index is 1030. The van der Waals surface area contributed by atoms with Gasteiger partial charge in [0.25, 0.3) is 0 Å². The summed E-state index contributed by atoms with van der Waals surface area (Å²) in [6.45, 7) is 8.78. The van der Waals surface area contributed by atoms with E-state index in [1.165, 1.54) is 31.7 Å². The van der Waals surface area contributed by atoms with Crippen LogP contribution in [0.1, 0.15) is 26.2 Å². The molecule has 2 aliphatic heterocycles. The highest BCUT2D eigenvalue weighted by Crippen LogP contribution is 2.37. The van der Waals surface area contributed by atoms with Crippen molar-refractivity contribution >= 4 is 24.6 Å². The maximum Gasteiger partial charge on any atom is 0.163 e. The van der Waals surface area contributed by atoms with Gasteiger partial charge in [-0.05, 0) is 38.9 Å². The van der Waals surface area contributed by atoms with Crippen LogP contribution in [0.5, 0.6) is 11.5 Å². The highest BCUT2D eigenvalue weighted by Gasteiger charge is 2.25. The van der Waals surface area contributed by atoms with Crippen molar-refractivity contribution in [3.63, 3.8) is 0 Å². The van der Waals surface area contributed by atoms with Gasteiger partial charge in [0.1, 0.15) is 38.5 Å². The second-order valence-corrected chi connectivity index (χ2v) is 7.75. The quantitative estimate of drug-likeness (QED) is 0.561. The highest BCUT2D eigenvalue weighted by molar-refractivity contribution is 6.24. The van der Waals surface area contributed by atoms with Gasteiger partial charge < -0.3 is 14.8 Å². The Hall–Kier alpha value is -2.87. The largest absolute Gasteiger partial charge is 0.486 e. The Balaban J connectivity index is 1.60. The summed E-state index contributed by atoms with van der Waals surface area (Å²) >= 11 is 0. The summed E-state index contributed by atoms with van der Waals surface area (Å²) in [6.07, 6.45) is 8.00. The number of aromatic nitrogens is 2. The molecule has 8 heteroatoms. The van der Waals surface area contributed by atoms with Crippen LogP contribution < -0.4 is 14.8 Å². The van der Waals surface area contributed by atoms with Crippen molar-refractivity contribution in [2.75, 3.05) is 31.6 Å². The molecule has 1 fully saturated rings. The number of nitrogens with zero attached hydrogens (tertiary/aromatic N) is 3. The first-order chi connectivity index (χ1) is 15.1. The van der Waals surface area contributed by atoms with Gasteiger partial charge in [-0.3, -0.25) is 4.90 Å². The van der Waals surface area contributed by atoms with Crippen LogP contribution in [0, 0.1) is 0 Å². The van der Waals surface area contributed by atoms with E-state index in [0.717, 1.165) is 19.6 Å². The lowest BCUT2D eigenvalue weighted by Crippen LogP contribution is -2.42. The molecule has 0 amide bonds. The number of hydrogen-bond donors (Lipinski definition) is 1. The van der Waals surface area contributed by atoms with Crippen molar-refractivity contribution in [1.29, 1.82) is 0 Å². The maximum atomic E-state index is 14.6. The Morgan fingerprint density at radius 2 is 2.10 bits per heavy atom. The lowest BCUT2D eigenvalue weighted by Gasteiger charge is -2.33. The van der Waals surface area contributed by atoms with Crippen molar-refractivity contribution in [1.82, 2.24) is 14.9 Å². The molecular weight excluding hydrogens is 394 g/mol. The van der Waals surface area contributed by atoms with Crippen LogP contribution in [-0.4, -0.2) is 55.1 Å². The number of nitrogens with one attached hydrogen (secondary N) is 1. The normalized spacial score (nSPS) is 20.3. The monoisotopic (exact) mass is 420 g/mol. The van der Waals surface area contributed by atoms with Gasteiger partial charge in [-0.25, -0.2) is 14.4 Å². The predicted octanol–water partition coefficient (Wildman–Crippen LogP) is 4.11. The van der Waals surface area contributed by atoms with Gasteiger partial charge in [-0.1, -0.05) is 30.6 Å². The summed E-state index contributed by atoms with van der Waals surface area (Å²) < 4.78 is 26.8. The second-order valence-electron chi connectivity index (χ2n) is 7.75. The zero-order valence-corrected chi connectivity index (χ0v) is 17.7. The molecule has 2 aromatic rings. The minimum Gasteiger partial charge on any atom is -0.486 e. The fourth-order valence-corrected chi connectivity index (χ4v) is 3.91. The van der Waals surface area contributed by atoms with Crippen LogP contribution in [0.25, 0.3) is 10.9 Å². The Morgan fingerprint density at radius 1 is 1.29 bits per heavy atom. The molecule has 0 spiro atoms. The van der Waals surface area contributed by atoms with E-state index in [1.807, 2.05) is 12.1 Å². The molecule has 31 heavy (non-hydrogen) atoms. The van der Waals surface area contributed by atoms with E-state index in [0.29, 0.717) is 34.8 Å². The van der Waals surface area contributed by atoms with Crippen molar-refractivity contribution < 1.29 is 13.9 Å². The Labute approximate surface area is 183 Å². The van der Waals surface area contributed by atoms with Crippen molar-refractivity contribution in [3.8, 4) is 11.5 Å². The summed E-state index contributed by atoms with van der Waals surface area (Å²) in [5.74, 6) is 1.15. The van der Waals surface area contributed by atoms with Gasteiger partial charge in [-0.15, -0.1) is 0 Å². The third-order valence-electron chi connectivity index (χ3n) is 5.58. The number of hydrogen-bond acceptors (Lipinski definition) is 6. The molecule has 1 aromatic carbocycles. The number of halogens is 1. The number of rotatable bonds is 6. The Kier molecular flexibility index (Phi) is 6.56. The molecule has 2 aliphatic rings. The van der Waals surface area contributed by atoms with Crippen LogP contribution in [0.3, 0.4) is 0 Å². The molecule has 2 radical (unpaired) electrons.